The second kappa shape index (κ2) is 5.35. The summed E-state index contributed by atoms with van der Waals surface area (Å²) in [7, 11) is 1.84. The van der Waals surface area contributed by atoms with E-state index in [9.17, 15) is 0 Å². The van der Waals surface area contributed by atoms with Gasteiger partial charge in [0.05, 0.1) is 21.9 Å². The molecule has 3 aromatic rings. The van der Waals surface area contributed by atoms with Crippen molar-refractivity contribution in [3.05, 3.63) is 46.7 Å². The maximum Gasteiger partial charge on any atom is 0.163 e. The number of nitrogens with two attached hydrogens (primary N) is 1. The predicted molar refractivity (Wildman–Crippen MR) is 84.1 cm³/mol. The molecule has 7 heteroatoms. The van der Waals surface area contributed by atoms with Crippen LogP contribution in [0.4, 0.5) is 5.82 Å². The predicted octanol–water partition coefficient (Wildman–Crippen LogP) is 3.43. The SMILES string of the molecule is Cn1cc(-c2cc(N)nc(-c3cccc(Cl)c3Cl)n2)cn1. The van der Waals surface area contributed by atoms with E-state index in [1.54, 1.807) is 35.1 Å². The van der Waals surface area contributed by atoms with Crippen LogP contribution in [0, 0.1) is 0 Å². The number of hydrogen-bond acceptors (Lipinski definition) is 4. The molecule has 21 heavy (non-hydrogen) atoms. The standard InChI is InChI=1S/C14H11Cl2N5/c1-21-7-8(6-18-21)11-5-12(17)20-14(19-11)9-3-2-4-10(15)13(9)16/h2-7H,1H3,(H2,17,19,20). The highest BCUT2D eigenvalue weighted by atomic mass is 35.5. The third kappa shape index (κ3) is 2.70. The average molecular weight is 320 g/mol. The summed E-state index contributed by atoms with van der Waals surface area (Å²) in [4.78, 5) is 8.74. The maximum absolute atomic E-state index is 6.21. The molecule has 0 aliphatic rings. The lowest BCUT2D eigenvalue weighted by Gasteiger charge is -2.07. The monoisotopic (exact) mass is 319 g/mol. The lowest BCUT2D eigenvalue weighted by molar-refractivity contribution is 0.768. The molecular formula is C14H11Cl2N5. The van der Waals surface area contributed by atoms with E-state index in [1.807, 2.05) is 13.2 Å². The Bertz CT molecular complexity index is 813. The maximum atomic E-state index is 6.21. The smallest absolute Gasteiger partial charge is 0.163 e. The molecule has 3 rings (SSSR count). The molecular weight excluding hydrogens is 309 g/mol. The van der Waals surface area contributed by atoms with Gasteiger partial charge in [0, 0.05) is 30.4 Å². The molecule has 0 atom stereocenters. The van der Waals surface area contributed by atoms with Crippen molar-refractivity contribution < 1.29 is 0 Å². The Kier molecular flexibility index (Phi) is 3.53. The van der Waals surface area contributed by atoms with Crippen LogP contribution in [0.2, 0.25) is 10.0 Å². The molecule has 0 radical (unpaired) electrons. The highest BCUT2D eigenvalue weighted by Crippen LogP contribution is 2.32. The molecule has 0 amide bonds. The molecule has 0 spiro atoms. The third-order valence-electron chi connectivity index (χ3n) is 2.94. The Morgan fingerprint density at radius 3 is 2.71 bits per heavy atom. The van der Waals surface area contributed by atoms with E-state index in [0.29, 0.717) is 32.9 Å². The molecule has 5 nitrogen and oxygen atoms in total. The van der Waals surface area contributed by atoms with Crippen LogP contribution in [0.5, 0.6) is 0 Å². The van der Waals surface area contributed by atoms with E-state index >= 15 is 0 Å². The largest absolute Gasteiger partial charge is 0.384 e. The minimum absolute atomic E-state index is 0.356. The zero-order valence-corrected chi connectivity index (χ0v) is 12.6. The van der Waals surface area contributed by atoms with Crippen LogP contribution in [0.15, 0.2) is 36.7 Å². The second-order valence-electron chi connectivity index (χ2n) is 4.51. The number of hydrogen-bond donors (Lipinski definition) is 1. The average Bonchev–Trinajstić information content (AvgIpc) is 2.88. The number of anilines is 1. The van der Waals surface area contributed by atoms with Crippen molar-refractivity contribution in [2.24, 2.45) is 7.05 Å². The van der Waals surface area contributed by atoms with Crippen molar-refractivity contribution in [3.8, 4) is 22.6 Å². The van der Waals surface area contributed by atoms with E-state index in [4.69, 9.17) is 28.9 Å². The van der Waals surface area contributed by atoms with Crippen LogP contribution in [-0.2, 0) is 7.05 Å². The van der Waals surface area contributed by atoms with Gasteiger partial charge in [0.25, 0.3) is 0 Å². The zero-order valence-electron chi connectivity index (χ0n) is 11.1. The number of aromatic nitrogens is 4. The van der Waals surface area contributed by atoms with Crippen molar-refractivity contribution in [1.82, 2.24) is 19.7 Å². The lowest BCUT2D eigenvalue weighted by atomic mass is 10.2. The van der Waals surface area contributed by atoms with Gasteiger partial charge in [-0.2, -0.15) is 5.10 Å². The lowest BCUT2D eigenvalue weighted by Crippen LogP contribution is -1.98. The Morgan fingerprint density at radius 1 is 1.19 bits per heavy atom. The molecule has 1 aromatic carbocycles. The van der Waals surface area contributed by atoms with Gasteiger partial charge in [0.15, 0.2) is 5.82 Å². The molecule has 2 aromatic heterocycles. The van der Waals surface area contributed by atoms with Crippen LogP contribution in [-0.4, -0.2) is 19.7 Å². The normalized spacial score (nSPS) is 10.8. The van der Waals surface area contributed by atoms with E-state index in [0.717, 1.165) is 5.56 Å². The quantitative estimate of drug-likeness (QED) is 0.785. The summed E-state index contributed by atoms with van der Waals surface area (Å²) in [5, 5.41) is 4.98. The number of aryl methyl sites for hydroxylation is 1. The van der Waals surface area contributed by atoms with Gasteiger partial charge in [-0.05, 0) is 12.1 Å². The van der Waals surface area contributed by atoms with Crippen molar-refractivity contribution in [2.45, 2.75) is 0 Å². The van der Waals surface area contributed by atoms with Crippen LogP contribution in [0.25, 0.3) is 22.6 Å². The van der Waals surface area contributed by atoms with Gasteiger partial charge in [-0.1, -0.05) is 29.3 Å². The van der Waals surface area contributed by atoms with E-state index < -0.39 is 0 Å². The number of benzene rings is 1. The topological polar surface area (TPSA) is 69.6 Å². The molecule has 0 fully saturated rings. The summed E-state index contributed by atoms with van der Waals surface area (Å²) < 4.78 is 1.69. The Morgan fingerprint density at radius 2 is 2.00 bits per heavy atom. The fourth-order valence-corrected chi connectivity index (χ4v) is 2.35. The van der Waals surface area contributed by atoms with Crippen molar-refractivity contribution in [2.75, 3.05) is 5.73 Å². The van der Waals surface area contributed by atoms with Gasteiger partial charge < -0.3 is 5.73 Å². The molecule has 0 unspecified atom stereocenters. The highest BCUT2D eigenvalue weighted by molar-refractivity contribution is 6.43. The van der Waals surface area contributed by atoms with Crippen molar-refractivity contribution in [1.29, 1.82) is 0 Å². The minimum Gasteiger partial charge on any atom is -0.384 e. The van der Waals surface area contributed by atoms with Crippen LogP contribution < -0.4 is 5.73 Å². The summed E-state index contributed by atoms with van der Waals surface area (Å²) in [6.45, 7) is 0. The Hall–Kier alpha value is -2.11. The molecule has 2 heterocycles. The van der Waals surface area contributed by atoms with E-state index in [-0.39, 0.29) is 0 Å². The fraction of sp³-hybridized carbons (Fsp3) is 0.0714. The Labute approximate surface area is 131 Å². The molecule has 0 aliphatic heterocycles. The number of rotatable bonds is 2. The van der Waals surface area contributed by atoms with Crippen molar-refractivity contribution in [3.63, 3.8) is 0 Å². The van der Waals surface area contributed by atoms with E-state index in [1.165, 1.54) is 0 Å². The molecule has 0 bridgehead atoms. The van der Waals surface area contributed by atoms with Gasteiger partial charge in [-0.25, -0.2) is 9.97 Å². The first-order chi connectivity index (χ1) is 10.0. The first kappa shape index (κ1) is 13.9. The molecule has 0 saturated heterocycles. The van der Waals surface area contributed by atoms with Gasteiger partial charge in [0.1, 0.15) is 5.82 Å². The highest BCUT2D eigenvalue weighted by Gasteiger charge is 2.12. The fourth-order valence-electron chi connectivity index (χ4n) is 1.96. The zero-order chi connectivity index (χ0) is 15.0. The second-order valence-corrected chi connectivity index (χ2v) is 5.29. The van der Waals surface area contributed by atoms with Crippen LogP contribution >= 0.6 is 23.2 Å². The number of halogens is 2. The van der Waals surface area contributed by atoms with Crippen LogP contribution in [0.1, 0.15) is 0 Å². The van der Waals surface area contributed by atoms with E-state index in [2.05, 4.69) is 15.1 Å². The summed E-state index contributed by atoms with van der Waals surface area (Å²) in [5.41, 5.74) is 8.05. The van der Waals surface area contributed by atoms with Gasteiger partial charge in [-0.3, -0.25) is 4.68 Å². The third-order valence-corrected chi connectivity index (χ3v) is 3.76. The molecule has 0 saturated carbocycles. The Balaban J connectivity index is 2.16. The van der Waals surface area contributed by atoms with Gasteiger partial charge in [0.2, 0.25) is 0 Å². The number of nitrogen functional groups attached to an aromatic ring is 1. The number of nitrogens with zero attached hydrogens (tertiary/aromatic N) is 4. The molecule has 106 valence electrons. The minimum atomic E-state index is 0.356. The van der Waals surface area contributed by atoms with Crippen LogP contribution in [0.3, 0.4) is 0 Å². The first-order valence-electron chi connectivity index (χ1n) is 6.12. The summed E-state index contributed by atoms with van der Waals surface area (Å²) in [6.07, 6.45) is 3.57. The summed E-state index contributed by atoms with van der Waals surface area (Å²) >= 11 is 12.2. The first-order valence-corrected chi connectivity index (χ1v) is 6.88. The molecule has 2 N–H and O–H groups in total. The molecule has 0 aliphatic carbocycles. The van der Waals surface area contributed by atoms with Gasteiger partial charge in [-0.15, -0.1) is 0 Å². The summed E-state index contributed by atoms with van der Waals surface area (Å²) in [6, 6.07) is 7.00. The van der Waals surface area contributed by atoms with Gasteiger partial charge >= 0.3 is 0 Å². The summed E-state index contributed by atoms with van der Waals surface area (Å²) in [5.74, 6) is 0.788. The van der Waals surface area contributed by atoms with Crippen molar-refractivity contribution >= 4 is 29.0 Å².